The van der Waals surface area contributed by atoms with E-state index in [1.54, 1.807) is 0 Å². The zero-order chi connectivity index (χ0) is 30.4. The molecule has 0 saturated carbocycles. The van der Waals surface area contributed by atoms with Gasteiger partial charge in [-0.25, -0.2) is 0 Å². The van der Waals surface area contributed by atoms with E-state index in [9.17, 15) is 0 Å². The average molecular weight is 651 g/mol. The lowest BCUT2D eigenvalue weighted by atomic mass is 9.60. The maximum atomic E-state index is 4.02. The first-order valence-corrected chi connectivity index (χ1v) is 16.7. The summed E-state index contributed by atoms with van der Waals surface area (Å²) < 4.78 is 3.61. The fraction of sp³-hybridized carbons (Fsp3) is 0.0455. The van der Waals surface area contributed by atoms with Gasteiger partial charge in [0.2, 0.25) is 0 Å². The third-order valence-electron chi connectivity index (χ3n) is 10.2. The molecule has 0 spiro atoms. The predicted octanol–water partition coefficient (Wildman–Crippen LogP) is 11.9. The van der Waals surface area contributed by atoms with Gasteiger partial charge in [-0.15, -0.1) is 0 Å². The molecule has 46 heavy (non-hydrogen) atoms. The summed E-state index contributed by atoms with van der Waals surface area (Å²) in [6.07, 6.45) is 0. The molecule has 1 nitrogen and oxygen atoms in total. The molecule has 0 N–H and O–H groups in total. The molecule has 0 aliphatic heterocycles. The molecule has 0 saturated heterocycles. The summed E-state index contributed by atoms with van der Waals surface area (Å²) in [5.74, 6) is 0.421. The van der Waals surface area contributed by atoms with Gasteiger partial charge in [0.25, 0.3) is 0 Å². The Morgan fingerprint density at radius 1 is 0.413 bits per heavy atom. The van der Waals surface area contributed by atoms with E-state index in [2.05, 4.69) is 178 Å². The fourth-order valence-corrected chi connectivity index (χ4v) is 8.93. The van der Waals surface area contributed by atoms with Crippen molar-refractivity contribution in [3.8, 4) is 27.9 Å². The molecule has 0 amide bonds. The van der Waals surface area contributed by atoms with E-state index < -0.39 is 0 Å². The number of hydrogen-bond acceptors (Lipinski definition) is 0. The minimum absolute atomic E-state index is 0.200. The van der Waals surface area contributed by atoms with E-state index in [-0.39, 0.29) is 11.8 Å². The van der Waals surface area contributed by atoms with Crippen LogP contribution >= 0.6 is 15.9 Å². The lowest BCUT2D eigenvalue weighted by Gasteiger charge is -2.43. The number of nitrogens with zero attached hydrogens (tertiary/aromatic N) is 1. The molecule has 8 aromatic rings. The van der Waals surface area contributed by atoms with Crippen LogP contribution in [0.3, 0.4) is 0 Å². The van der Waals surface area contributed by atoms with Crippen LogP contribution in [0.15, 0.2) is 162 Å². The van der Waals surface area contributed by atoms with Gasteiger partial charge in [-0.05, 0) is 98.1 Å². The highest BCUT2D eigenvalue weighted by atomic mass is 79.9. The summed E-state index contributed by atoms with van der Waals surface area (Å²) in [5.41, 5.74) is 17.3. The van der Waals surface area contributed by atoms with E-state index >= 15 is 0 Å². The maximum Gasteiger partial charge on any atom is 0.0541 e. The largest absolute Gasteiger partial charge is 0.309 e. The number of fused-ring (bicyclic) bond motifs is 3. The average Bonchev–Trinajstić information content (AvgIpc) is 3.45. The maximum absolute atomic E-state index is 4.02. The quantitative estimate of drug-likeness (QED) is 0.179. The second-order valence-corrected chi connectivity index (χ2v) is 13.4. The summed E-state index contributed by atoms with van der Waals surface area (Å²) in [6, 6.07) is 58.2. The molecule has 11 rings (SSSR count). The fourth-order valence-electron chi connectivity index (χ4n) is 8.35. The smallest absolute Gasteiger partial charge is 0.0541 e. The van der Waals surface area contributed by atoms with Gasteiger partial charge in [0.05, 0.1) is 11.0 Å². The van der Waals surface area contributed by atoms with Gasteiger partial charge in [0.1, 0.15) is 0 Å². The lowest BCUT2D eigenvalue weighted by Crippen LogP contribution is -2.28. The highest BCUT2D eigenvalue weighted by molar-refractivity contribution is 9.10. The van der Waals surface area contributed by atoms with Crippen molar-refractivity contribution in [3.05, 3.63) is 196 Å². The van der Waals surface area contributed by atoms with Crippen LogP contribution in [0.25, 0.3) is 49.7 Å². The van der Waals surface area contributed by atoms with E-state index in [0.29, 0.717) is 0 Å². The second-order valence-electron chi connectivity index (χ2n) is 12.5. The third-order valence-corrected chi connectivity index (χ3v) is 10.9. The van der Waals surface area contributed by atoms with E-state index in [1.807, 2.05) is 0 Å². The first-order valence-electron chi connectivity index (χ1n) is 16.0. The van der Waals surface area contributed by atoms with Crippen molar-refractivity contribution in [1.29, 1.82) is 0 Å². The molecule has 2 bridgehead atoms. The SMILES string of the molecule is Brc1ccc(-c2ccc3c(c2)c2cc(-c4ccccc4)ccc2n3-c2ccccc2)c2c1C1c3ccccc3C2c2ccccc21. The molecule has 2 heteroatoms. The van der Waals surface area contributed by atoms with Crippen molar-refractivity contribution in [1.82, 2.24) is 4.57 Å². The second kappa shape index (κ2) is 9.91. The van der Waals surface area contributed by atoms with Crippen molar-refractivity contribution >= 4 is 37.7 Å². The van der Waals surface area contributed by atoms with E-state index in [4.69, 9.17) is 0 Å². The molecule has 0 atom stereocenters. The van der Waals surface area contributed by atoms with Gasteiger partial charge in [0.15, 0.2) is 0 Å². The number of halogens is 1. The standard InChI is InChI=1S/C44H28BrN/c45-38-22-21-31(43-41-32-15-7-9-17-34(32)42(44(38)43)35-18-10-8-16-33(35)41)29-20-24-40-37(26-29)36-25-28(27-11-3-1-4-12-27)19-23-39(36)46(40)30-13-5-2-6-14-30/h1-26,41-42H. The van der Waals surface area contributed by atoms with Crippen LogP contribution in [0, 0.1) is 0 Å². The first kappa shape index (κ1) is 26.1. The van der Waals surface area contributed by atoms with E-state index in [0.717, 1.165) is 0 Å². The monoisotopic (exact) mass is 649 g/mol. The number of rotatable bonds is 3. The van der Waals surface area contributed by atoms with E-state index in [1.165, 1.54) is 87.6 Å². The third kappa shape index (κ3) is 3.62. The molecule has 1 heterocycles. The minimum atomic E-state index is 0.200. The number of benzene rings is 7. The van der Waals surface area contributed by atoms with Crippen molar-refractivity contribution in [3.63, 3.8) is 0 Å². The summed E-state index contributed by atoms with van der Waals surface area (Å²) in [5, 5.41) is 2.54. The van der Waals surface area contributed by atoms with Gasteiger partial charge >= 0.3 is 0 Å². The molecule has 3 aliphatic carbocycles. The van der Waals surface area contributed by atoms with Crippen LogP contribution in [0.1, 0.15) is 45.2 Å². The van der Waals surface area contributed by atoms with Gasteiger partial charge < -0.3 is 4.57 Å². The molecule has 7 aromatic carbocycles. The van der Waals surface area contributed by atoms with Gasteiger partial charge in [0, 0.05) is 32.8 Å². The number of aromatic nitrogens is 1. The molecule has 1 aromatic heterocycles. The van der Waals surface area contributed by atoms with Gasteiger partial charge in [-0.2, -0.15) is 0 Å². The molecular formula is C44H28BrN. The van der Waals surface area contributed by atoms with Crippen molar-refractivity contribution in [2.45, 2.75) is 11.8 Å². The molecule has 0 radical (unpaired) electrons. The van der Waals surface area contributed by atoms with Crippen LogP contribution in [-0.2, 0) is 0 Å². The number of para-hydroxylation sites is 1. The Labute approximate surface area is 276 Å². The van der Waals surface area contributed by atoms with Crippen molar-refractivity contribution in [2.75, 3.05) is 0 Å². The van der Waals surface area contributed by atoms with Crippen LogP contribution in [-0.4, -0.2) is 4.57 Å². The van der Waals surface area contributed by atoms with Crippen molar-refractivity contribution in [2.24, 2.45) is 0 Å². The molecule has 3 aliphatic rings. The van der Waals surface area contributed by atoms with Crippen molar-refractivity contribution < 1.29 is 0 Å². The van der Waals surface area contributed by atoms with Gasteiger partial charge in [-0.1, -0.05) is 131 Å². The Morgan fingerprint density at radius 3 is 1.52 bits per heavy atom. The first-order chi connectivity index (χ1) is 22.8. The Balaban J connectivity index is 1.25. The molecule has 0 unspecified atom stereocenters. The highest BCUT2D eigenvalue weighted by Crippen LogP contribution is 2.59. The summed E-state index contributed by atoms with van der Waals surface area (Å²) >= 11 is 4.02. The normalized spacial score (nSPS) is 15.9. The molecule has 216 valence electrons. The Morgan fingerprint density at radius 2 is 0.913 bits per heavy atom. The predicted molar refractivity (Wildman–Crippen MR) is 194 cm³/mol. The topological polar surface area (TPSA) is 4.93 Å². The van der Waals surface area contributed by atoms with Crippen LogP contribution in [0.2, 0.25) is 0 Å². The lowest BCUT2D eigenvalue weighted by molar-refractivity contribution is 0.752. The summed E-state index contributed by atoms with van der Waals surface area (Å²) in [6.45, 7) is 0. The molecular weight excluding hydrogens is 622 g/mol. The van der Waals surface area contributed by atoms with Crippen LogP contribution in [0.4, 0.5) is 0 Å². The number of hydrogen-bond donors (Lipinski definition) is 0. The van der Waals surface area contributed by atoms with Crippen LogP contribution < -0.4 is 0 Å². The Hall–Kier alpha value is -5.18. The Kier molecular flexibility index (Phi) is 5.62. The van der Waals surface area contributed by atoms with Gasteiger partial charge in [-0.3, -0.25) is 0 Å². The zero-order valence-corrected chi connectivity index (χ0v) is 26.6. The zero-order valence-electron chi connectivity index (χ0n) is 25.0. The molecule has 0 fully saturated rings. The van der Waals surface area contributed by atoms with Crippen LogP contribution in [0.5, 0.6) is 0 Å². The Bertz CT molecular complexity index is 2440. The summed E-state index contributed by atoms with van der Waals surface area (Å²) in [4.78, 5) is 0. The highest BCUT2D eigenvalue weighted by Gasteiger charge is 2.43. The minimum Gasteiger partial charge on any atom is -0.309 e. The summed E-state index contributed by atoms with van der Waals surface area (Å²) in [7, 11) is 0.